The topological polar surface area (TPSA) is 82.0 Å². The number of hydrogen-bond donors (Lipinski definition) is 2. The van der Waals surface area contributed by atoms with Gasteiger partial charge in [0.1, 0.15) is 4.90 Å². The standard InChI is InChI=1S/C12H12ClN3O2S/c13-10-2-1-7(4-14)3-11(10)19(17,18)16-12-8-5-15-6-9(8)12/h1-3,8-9,12,15-16H,5-6H2. The Morgan fingerprint density at radius 2 is 2.05 bits per heavy atom. The number of fused-ring (bicyclic) bond motifs is 1. The summed E-state index contributed by atoms with van der Waals surface area (Å²) in [6.07, 6.45) is 0. The average molecular weight is 298 g/mol. The Labute approximate surface area is 116 Å². The van der Waals surface area contributed by atoms with Crippen LogP contribution in [-0.2, 0) is 10.0 Å². The van der Waals surface area contributed by atoms with E-state index in [1.54, 1.807) is 0 Å². The van der Waals surface area contributed by atoms with Gasteiger partial charge in [-0.1, -0.05) is 11.6 Å². The van der Waals surface area contributed by atoms with Crippen LogP contribution in [0.25, 0.3) is 0 Å². The molecule has 2 aliphatic rings. The van der Waals surface area contributed by atoms with Crippen LogP contribution in [0, 0.1) is 23.2 Å². The monoisotopic (exact) mass is 297 g/mol. The van der Waals surface area contributed by atoms with Gasteiger partial charge in [-0.3, -0.25) is 0 Å². The van der Waals surface area contributed by atoms with E-state index in [-0.39, 0.29) is 21.5 Å². The third-order valence-electron chi connectivity index (χ3n) is 3.73. The highest BCUT2D eigenvalue weighted by atomic mass is 35.5. The molecule has 0 spiro atoms. The number of nitrogens with zero attached hydrogens (tertiary/aromatic N) is 1. The van der Waals surface area contributed by atoms with Gasteiger partial charge in [0, 0.05) is 6.04 Å². The zero-order chi connectivity index (χ0) is 13.6. The van der Waals surface area contributed by atoms with Crippen LogP contribution in [0.5, 0.6) is 0 Å². The molecule has 2 unspecified atom stereocenters. The van der Waals surface area contributed by atoms with Crippen LogP contribution in [0.3, 0.4) is 0 Å². The molecule has 7 heteroatoms. The van der Waals surface area contributed by atoms with Crippen molar-refractivity contribution in [3.63, 3.8) is 0 Å². The molecule has 2 N–H and O–H groups in total. The molecule has 0 aromatic heterocycles. The molecular weight excluding hydrogens is 286 g/mol. The summed E-state index contributed by atoms with van der Waals surface area (Å²) in [5.41, 5.74) is 0.280. The average Bonchev–Trinajstić information content (AvgIpc) is 2.82. The highest BCUT2D eigenvalue weighted by Gasteiger charge is 2.54. The van der Waals surface area contributed by atoms with Gasteiger partial charge in [-0.2, -0.15) is 5.26 Å². The number of rotatable bonds is 3. The molecule has 1 aliphatic carbocycles. The molecule has 2 fully saturated rings. The summed E-state index contributed by atoms with van der Waals surface area (Å²) < 4.78 is 27.2. The first-order chi connectivity index (χ1) is 9.03. The molecule has 100 valence electrons. The number of piperidine rings is 1. The molecule has 1 saturated carbocycles. The Kier molecular flexibility index (Phi) is 3.02. The number of halogens is 1. The maximum absolute atomic E-state index is 12.3. The SMILES string of the molecule is N#Cc1ccc(Cl)c(S(=O)(=O)NC2C3CNCC32)c1. The third-order valence-corrected chi connectivity index (χ3v) is 5.67. The normalized spacial score (nSPS) is 28.7. The van der Waals surface area contributed by atoms with Crippen LogP contribution in [-0.4, -0.2) is 27.5 Å². The Balaban J connectivity index is 1.86. The molecule has 1 aliphatic heterocycles. The van der Waals surface area contributed by atoms with E-state index in [2.05, 4.69) is 10.0 Å². The van der Waals surface area contributed by atoms with Gasteiger partial charge in [-0.25, -0.2) is 13.1 Å². The molecular formula is C12H12ClN3O2S. The van der Waals surface area contributed by atoms with E-state index in [0.717, 1.165) is 13.1 Å². The Bertz CT molecular complexity index is 658. The lowest BCUT2D eigenvalue weighted by molar-refractivity contribution is 0.565. The van der Waals surface area contributed by atoms with Gasteiger partial charge in [-0.05, 0) is 43.1 Å². The lowest BCUT2D eigenvalue weighted by Crippen LogP contribution is -2.32. The second-order valence-electron chi connectivity index (χ2n) is 4.89. The van der Waals surface area contributed by atoms with Gasteiger partial charge in [-0.15, -0.1) is 0 Å². The summed E-state index contributed by atoms with van der Waals surface area (Å²) >= 11 is 5.92. The van der Waals surface area contributed by atoms with Crippen molar-refractivity contribution in [3.8, 4) is 6.07 Å². The second kappa shape index (κ2) is 4.46. The van der Waals surface area contributed by atoms with E-state index >= 15 is 0 Å². The van der Waals surface area contributed by atoms with E-state index in [1.165, 1.54) is 18.2 Å². The van der Waals surface area contributed by atoms with E-state index < -0.39 is 10.0 Å². The minimum absolute atomic E-state index is 0.00643. The van der Waals surface area contributed by atoms with Crippen molar-refractivity contribution in [2.45, 2.75) is 10.9 Å². The highest BCUT2D eigenvalue weighted by molar-refractivity contribution is 7.89. The van der Waals surface area contributed by atoms with Crippen molar-refractivity contribution in [2.24, 2.45) is 11.8 Å². The van der Waals surface area contributed by atoms with Gasteiger partial charge >= 0.3 is 0 Å². The van der Waals surface area contributed by atoms with E-state index in [0.29, 0.717) is 11.8 Å². The zero-order valence-electron chi connectivity index (χ0n) is 9.93. The number of sulfonamides is 1. The van der Waals surface area contributed by atoms with E-state index in [9.17, 15) is 8.42 Å². The van der Waals surface area contributed by atoms with Crippen molar-refractivity contribution < 1.29 is 8.42 Å². The minimum Gasteiger partial charge on any atom is -0.316 e. The molecule has 1 saturated heterocycles. The fraction of sp³-hybridized carbons (Fsp3) is 0.417. The van der Waals surface area contributed by atoms with Crippen LogP contribution >= 0.6 is 11.6 Å². The van der Waals surface area contributed by atoms with Gasteiger partial charge in [0.05, 0.1) is 16.7 Å². The van der Waals surface area contributed by atoms with Crippen molar-refractivity contribution in [3.05, 3.63) is 28.8 Å². The lowest BCUT2D eigenvalue weighted by atomic mass is 10.2. The smallest absolute Gasteiger partial charge is 0.242 e. The fourth-order valence-corrected chi connectivity index (χ4v) is 4.48. The summed E-state index contributed by atoms with van der Waals surface area (Å²) in [5.74, 6) is 0.764. The number of benzene rings is 1. The highest BCUT2D eigenvalue weighted by Crippen LogP contribution is 2.42. The van der Waals surface area contributed by atoms with Crippen molar-refractivity contribution >= 4 is 21.6 Å². The molecule has 0 bridgehead atoms. The molecule has 3 rings (SSSR count). The van der Waals surface area contributed by atoms with Gasteiger partial charge in [0.15, 0.2) is 0 Å². The van der Waals surface area contributed by atoms with Crippen LogP contribution < -0.4 is 10.0 Å². The maximum atomic E-state index is 12.3. The van der Waals surface area contributed by atoms with Crippen molar-refractivity contribution in [1.82, 2.24) is 10.0 Å². The molecule has 0 amide bonds. The summed E-state index contributed by atoms with van der Waals surface area (Å²) in [7, 11) is -3.66. The molecule has 0 radical (unpaired) electrons. The molecule has 1 aromatic rings. The fourth-order valence-electron chi connectivity index (χ4n) is 2.61. The second-order valence-corrected chi connectivity index (χ2v) is 6.98. The minimum atomic E-state index is -3.66. The Morgan fingerprint density at radius 1 is 1.37 bits per heavy atom. The van der Waals surface area contributed by atoms with Crippen LogP contribution in [0.4, 0.5) is 0 Å². The van der Waals surface area contributed by atoms with Crippen LogP contribution in [0.15, 0.2) is 23.1 Å². The number of nitrogens with one attached hydrogen (secondary N) is 2. The Morgan fingerprint density at radius 3 is 2.68 bits per heavy atom. The quantitative estimate of drug-likeness (QED) is 0.861. The molecule has 1 aromatic carbocycles. The predicted octanol–water partition coefficient (Wildman–Crippen LogP) is 0.708. The summed E-state index contributed by atoms with van der Waals surface area (Å²) in [5, 5.41) is 12.2. The van der Waals surface area contributed by atoms with Crippen LogP contribution in [0.2, 0.25) is 5.02 Å². The van der Waals surface area contributed by atoms with Crippen molar-refractivity contribution in [2.75, 3.05) is 13.1 Å². The Hall–Kier alpha value is -1.13. The van der Waals surface area contributed by atoms with E-state index in [4.69, 9.17) is 16.9 Å². The zero-order valence-corrected chi connectivity index (χ0v) is 11.5. The van der Waals surface area contributed by atoms with E-state index in [1.807, 2.05) is 6.07 Å². The number of hydrogen-bond acceptors (Lipinski definition) is 4. The first-order valence-electron chi connectivity index (χ1n) is 5.95. The molecule has 19 heavy (non-hydrogen) atoms. The molecule has 5 nitrogen and oxygen atoms in total. The third kappa shape index (κ3) is 2.23. The molecule has 1 heterocycles. The largest absolute Gasteiger partial charge is 0.316 e. The van der Waals surface area contributed by atoms with Gasteiger partial charge in [0.2, 0.25) is 10.0 Å². The lowest BCUT2D eigenvalue weighted by Gasteiger charge is -2.10. The summed E-state index contributed by atoms with van der Waals surface area (Å²) in [4.78, 5) is -0.0221. The van der Waals surface area contributed by atoms with Gasteiger partial charge in [0.25, 0.3) is 0 Å². The first-order valence-corrected chi connectivity index (χ1v) is 7.82. The first kappa shape index (κ1) is 12.9. The van der Waals surface area contributed by atoms with Crippen LogP contribution in [0.1, 0.15) is 5.56 Å². The number of nitriles is 1. The van der Waals surface area contributed by atoms with Gasteiger partial charge < -0.3 is 5.32 Å². The summed E-state index contributed by atoms with van der Waals surface area (Å²) in [6.45, 7) is 1.70. The molecule has 2 atom stereocenters. The summed E-state index contributed by atoms with van der Waals surface area (Å²) in [6, 6.07) is 6.15. The maximum Gasteiger partial charge on any atom is 0.242 e. The predicted molar refractivity (Wildman–Crippen MR) is 70.1 cm³/mol. The van der Waals surface area contributed by atoms with Crippen molar-refractivity contribution in [1.29, 1.82) is 5.26 Å².